The molecule has 1 rings (SSSR count). The third kappa shape index (κ3) is 4.11. The molecule has 0 saturated heterocycles. The summed E-state index contributed by atoms with van der Waals surface area (Å²) in [6, 6.07) is 1.83. The number of ether oxygens (including phenoxy) is 1. The number of carbonyl (C=O) groups excluding carboxylic acids is 1. The van der Waals surface area contributed by atoms with Gasteiger partial charge in [0.25, 0.3) is 0 Å². The van der Waals surface area contributed by atoms with E-state index in [0.717, 1.165) is 9.47 Å². The summed E-state index contributed by atoms with van der Waals surface area (Å²) in [7, 11) is 0. The normalized spacial score (nSPS) is 11.1. The van der Waals surface area contributed by atoms with Crippen molar-refractivity contribution in [1.29, 1.82) is 0 Å². The van der Waals surface area contributed by atoms with Crippen molar-refractivity contribution in [2.45, 2.75) is 26.4 Å². The van der Waals surface area contributed by atoms with E-state index in [-0.39, 0.29) is 0 Å². The second-order valence-corrected chi connectivity index (χ2v) is 6.06. The van der Waals surface area contributed by atoms with Crippen LogP contribution in [0, 0.1) is 0 Å². The van der Waals surface area contributed by atoms with Crippen molar-refractivity contribution >= 4 is 39.0 Å². The van der Waals surface area contributed by atoms with E-state index in [0.29, 0.717) is 0 Å². The van der Waals surface area contributed by atoms with Crippen LogP contribution in [0.3, 0.4) is 0 Å². The second-order valence-electron chi connectivity index (χ2n) is 3.77. The predicted octanol–water partition coefficient (Wildman–Crippen LogP) is 3.86. The molecule has 0 aliphatic carbocycles. The molecule has 3 nitrogen and oxygen atoms in total. The Labute approximate surface area is 95.6 Å². The average molecular weight is 278 g/mol. The molecule has 0 saturated carbocycles. The largest absolute Gasteiger partial charge is 0.444 e. The maximum atomic E-state index is 11.3. The number of nitrogens with one attached hydrogen (secondary N) is 1. The van der Waals surface area contributed by atoms with Crippen molar-refractivity contribution in [1.82, 2.24) is 0 Å². The van der Waals surface area contributed by atoms with E-state index in [4.69, 9.17) is 4.74 Å². The Morgan fingerprint density at radius 1 is 1.57 bits per heavy atom. The van der Waals surface area contributed by atoms with Crippen LogP contribution in [-0.2, 0) is 4.74 Å². The standard InChI is InChI=1S/C9H12BrNO2S/c1-9(2,3)13-8(12)11-6-4-7(10)14-5-6/h4-5H,1-3H3,(H,11,12). The lowest BCUT2D eigenvalue weighted by Crippen LogP contribution is -2.27. The zero-order valence-corrected chi connectivity index (χ0v) is 10.7. The first kappa shape index (κ1) is 11.5. The van der Waals surface area contributed by atoms with Crippen LogP contribution in [0.25, 0.3) is 0 Å². The average Bonchev–Trinajstić information content (AvgIpc) is 2.30. The van der Waals surface area contributed by atoms with Gasteiger partial charge in [0.15, 0.2) is 0 Å². The fourth-order valence-corrected chi connectivity index (χ4v) is 1.89. The quantitative estimate of drug-likeness (QED) is 0.847. The molecule has 78 valence electrons. The molecule has 1 amide bonds. The second kappa shape index (κ2) is 4.31. The summed E-state index contributed by atoms with van der Waals surface area (Å²) in [5.74, 6) is 0. The highest BCUT2D eigenvalue weighted by atomic mass is 79.9. The number of rotatable bonds is 1. The highest BCUT2D eigenvalue weighted by Gasteiger charge is 2.16. The van der Waals surface area contributed by atoms with Gasteiger partial charge >= 0.3 is 6.09 Å². The molecule has 0 atom stereocenters. The Morgan fingerprint density at radius 3 is 2.64 bits per heavy atom. The van der Waals surface area contributed by atoms with Gasteiger partial charge in [-0.15, -0.1) is 11.3 Å². The molecular weight excluding hydrogens is 266 g/mol. The van der Waals surface area contributed by atoms with Gasteiger partial charge in [-0.3, -0.25) is 5.32 Å². The summed E-state index contributed by atoms with van der Waals surface area (Å²) in [5.41, 5.74) is 0.285. The van der Waals surface area contributed by atoms with Crippen molar-refractivity contribution in [2.24, 2.45) is 0 Å². The number of amides is 1. The lowest BCUT2D eigenvalue weighted by Gasteiger charge is -2.19. The van der Waals surface area contributed by atoms with Gasteiger partial charge in [-0.2, -0.15) is 0 Å². The Balaban J connectivity index is 2.50. The van der Waals surface area contributed by atoms with E-state index in [1.807, 2.05) is 32.2 Å². The predicted molar refractivity (Wildman–Crippen MR) is 61.9 cm³/mol. The van der Waals surface area contributed by atoms with Gasteiger partial charge in [0.2, 0.25) is 0 Å². The molecule has 0 fully saturated rings. The van der Waals surface area contributed by atoms with Gasteiger partial charge in [-0.1, -0.05) is 0 Å². The van der Waals surface area contributed by atoms with Crippen LogP contribution < -0.4 is 5.32 Å². The molecule has 0 unspecified atom stereocenters. The zero-order valence-electron chi connectivity index (χ0n) is 8.26. The maximum Gasteiger partial charge on any atom is 0.412 e. The van der Waals surface area contributed by atoms with E-state index >= 15 is 0 Å². The van der Waals surface area contributed by atoms with Gasteiger partial charge in [-0.25, -0.2) is 4.79 Å². The molecule has 1 aromatic rings. The topological polar surface area (TPSA) is 38.3 Å². The molecule has 0 radical (unpaired) electrons. The first-order valence-electron chi connectivity index (χ1n) is 4.11. The Bertz CT molecular complexity index is 330. The third-order valence-electron chi connectivity index (χ3n) is 1.21. The first-order valence-corrected chi connectivity index (χ1v) is 5.78. The van der Waals surface area contributed by atoms with Crippen LogP contribution in [0.5, 0.6) is 0 Å². The van der Waals surface area contributed by atoms with E-state index in [2.05, 4.69) is 21.2 Å². The van der Waals surface area contributed by atoms with Crippen molar-refractivity contribution < 1.29 is 9.53 Å². The van der Waals surface area contributed by atoms with Gasteiger partial charge in [0, 0.05) is 5.38 Å². The molecule has 0 spiro atoms. The molecule has 1 N–H and O–H groups in total. The molecule has 1 heterocycles. The SMILES string of the molecule is CC(C)(C)OC(=O)Nc1csc(Br)c1. The minimum Gasteiger partial charge on any atom is -0.444 e. The highest BCUT2D eigenvalue weighted by Crippen LogP contribution is 2.24. The van der Waals surface area contributed by atoms with Crippen molar-refractivity contribution in [3.05, 3.63) is 15.2 Å². The summed E-state index contributed by atoms with van der Waals surface area (Å²) in [6.45, 7) is 5.49. The number of thiophene rings is 1. The molecule has 0 aliphatic rings. The van der Waals surface area contributed by atoms with Crippen LogP contribution in [0.2, 0.25) is 0 Å². The Hall–Kier alpha value is -0.550. The van der Waals surface area contributed by atoms with Crippen molar-refractivity contribution in [3.63, 3.8) is 0 Å². The number of hydrogen-bond donors (Lipinski definition) is 1. The van der Waals surface area contributed by atoms with Gasteiger partial charge in [-0.05, 0) is 42.8 Å². The van der Waals surface area contributed by atoms with Crippen molar-refractivity contribution in [2.75, 3.05) is 5.32 Å². The Morgan fingerprint density at radius 2 is 2.21 bits per heavy atom. The van der Waals surface area contributed by atoms with Crippen LogP contribution in [-0.4, -0.2) is 11.7 Å². The molecule has 0 aromatic carbocycles. The molecule has 14 heavy (non-hydrogen) atoms. The summed E-state index contributed by atoms with van der Waals surface area (Å²) in [5, 5.41) is 4.48. The minimum absolute atomic E-state index is 0.428. The lowest BCUT2D eigenvalue weighted by atomic mass is 10.2. The van der Waals surface area contributed by atoms with Gasteiger partial charge < -0.3 is 4.74 Å². The van der Waals surface area contributed by atoms with E-state index in [1.165, 1.54) is 11.3 Å². The number of anilines is 1. The monoisotopic (exact) mass is 277 g/mol. The molecular formula is C9H12BrNO2S. The number of halogens is 1. The molecule has 1 aromatic heterocycles. The zero-order chi connectivity index (χ0) is 10.8. The summed E-state index contributed by atoms with van der Waals surface area (Å²) in [6.07, 6.45) is -0.428. The molecule has 5 heteroatoms. The minimum atomic E-state index is -0.461. The lowest BCUT2D eigenvalue weighted by molar-refractivity contribution is 0.0636. The number of hydrogen-bond acceptors (Lipinski definition) is 3. The smallest absolute Gasteiger partial charge is 0.412 e. The summed E-state index contributed by atoms with van der Waals surface area (Å²) < 4.78 is 6.07. The van der Waals surface area contributed by atoms with Crippen LogP contribution >= 0.6 is 27.3 Å². The van der Waals surface area contributed by atoms with Gasteiger partial charge in [0.1, 0.15) is 5.60 Å². The fourth-order valence-electron chi connectivity index (χ4n) is 0.797. The Kier molecular flexibility index (Phi) is 3.55. The summed E-state index contributed by atoms with van der Waals surface area (Å²) >= 11 is 4.82. The molecule has 0 bridgehead atoms. The molecule has 0 aliphatic heterocycles. The van der Waals surface area contributed by atoms with Crippen LogP contribution in [0.15, 0.2) is 15.2 Å². The fraction of sp³-hybridized carbons (Fsp3) is 0.444. The van der Waals surface area contributed by atoms with Crippen LogP contribution in [0.4, 0.5) is 10.5 Å². The van der Waals surface area contributed by atoms with Gasteiger partial charge in [0.05, 0.1) is 9.47 Å². The van der Waals surface area contributed by atoms with E-state index < -0.39 is 11.7 Å². The third-order valence-corrected chi connectivity index (χ3v) is 2.72. The summed E-state index contributed by atoms with van der Waals surface area (Å²) in [4.78, 5) is 11.3. The highest BCUT2D eigenvalue weighted by molar-refractivity contribution is 9.11. The maximum absolute atomic E-state index is 11.3. The first-order chi connectivity index (χ1) is 6.37. The number of carbonyl (C=O) groups is 1. The van der Waals surface area contributed by atoms with E-state index in [9.17, 15) is 4.79 Å². The van der Waals surface area contributed by atoms with Crippen LogP contribution in [0.1, 0.15) is 20.8 Å². The van der Waals surface area contributed by atoms with E-state index in [1.54, 1.807) is 0 Å². The van der Waals surface area contributed by atoms with Crippen molar-refractivity contribution in [3.8, 4) is 0 Å².